The summed E-state index contributed by atoms with van der Waals surface area (Å²) >= 11 is 1.19. The smallest absolute Gasteiger partial charge is 0.155 e. The SMILES string of the molecule is Cc1c(-c2cc(Sc3ncccc3F)c3c(C#N)cnn3c2)cnn1[C@H]1CC[C@@H](N(C)CCO)CC1. The average Bonchev–Trinajstić information content (AvgIpc) is 3.49. The maximum absolute atomic E-state index is 14.4. The van der Waals surface area contributed by atoms with Gasteiger partial charge >= 0.3 is 0 Å². The molecule has 4 aromatic heterocycles. The Balaban J connectivity index is 1.47. The molecule has 5 rings (SSSR count). The summed E-state index contributed by atoms with van der Waals surface area (Å²) in [5.74, 6) is -0.409. The first-order valence-corrected chi connectivity index (χ1v) is 12.9. The highest BCUT2D eigenvalue weighted by Gasteiger charge is 2.27. The van der Waals surface area contributed by atoms with Gasteiger partial charge in [0.05, 0.1) is 36.1 Å². The van der Waals surface area contributed by atoms with Gasteiger partial charge in [0.15, 0.2) is 5.82 Å². The Morgan fingerprint density at radius 2 is 2.06 bits per heavy atom. The summed E-state index contributed by atoms with van der Waals surface area (Å²) in [6, 6.07) is 7.90. The van der Waals surface area contributed by atoms with Crippen LogP contribution in [-0.2, 0) is 0 Å². The van der Waals surface area contributed by atoms with Gasteiger partial charge in [-0.05, 0) is 57.9 Å². The molecule has 1 aliphatic rings. The van der Waals surface area contributed by atoms with Crippen LogP contribution in [0.3, 0.4) is 0 Å². The average molecular weight is 506 g/mol. The number of aliphatic hydroxyl groups excluding tert-OH is 1. The number of hydrogen-bond donors (Lipinski definition) is 1. The van der Waals surface area contributed by atoms with Crippen LogP contribution in [0.4, 0.5) is 4.39 Å². The van der Waals surface area contributed by atoms with Crippen LogP contribution in [0.1, 0.15) is 43.0 Å². The van der Waals surface area contributed by atoms with Crippen molar-refractivity contribution in [1.82, 2.24) is 29.3 Å². The maximum atomic E-state index is 14.4. The van der Waals surface area contributed by atoms with Crippen LogP contribution >= 0.6 is 11.8 Å². The van der Waals surface area contributed by atoms with Gasteiger partial charge in [-0.1, -0.05) is 11.8 Å². The lowest BCUT2D eigenvalue weighted by atomic mass is 9.90. The topological polar surface area (TPSA) is 95.3 Å². The summed E-state index contributed by atoms with van der Waals surface area (Å²) in [6.07, 6.45) is 11.1. The highest BCUT2D eigenvalue weighted by Crippen LogP contribution is 2.38. The molecule has 10 heteroatoms. The number of nitriles is 1. The zero-order chi connectivity index (χ0) is 25.2. The van der Waals surface area contributed by atoms with Crippen molar-refractivity contribution in [1.29, 1.82) is 5.26 Å². The Morgan fingerprint density at radius 1 is 1.25 bits per heavy atom. The van der Waals surface area contributed by atoms with E-state index in [2.05, 4.69) is 39.7 Å². The first kappa shape index (κ1) is 24.4. The molecule has 0 unspecified atom stereocenters. The van der Waals surface area contributed by atoms with E-state index >= 15 is 0 Å². The zero-order valence-corrected chi connectivity index (χ0v) is 21.1. The van der Waals surface area contributed by atoms with Gasteiger partial charge in [0.25, 0.3) is 0 Å². The van der Waals surface area contributed by atoms with E-state index in [1.807, 2.05) is 18.5 Å². The Kier molecular flexibility index (Phi) is 7.05. The minimum absolute atomic E-state index is 0.182. The molecule has 0 spiro atoms. The quantitative estimate of drug-likeness (QED) is 0.396. The Labute approximate surface area is 213 Å². The molecule has 1 N–H and O–H groups in total. The van der Waals surface area contributed by atoms with E-state index in [4.69, 9.17) is 5.10 Å². The van der Waals surface area contributed by atoms with Crippen LogP contribution in [0, 0.1) is 24.1 Å². The van der Waals surface area contributed by atoms with Crippen molar-refractivity contribution < 1.29 is 9.50 Å². The van der Waals surface area contributed by atoms with Gasteiger partial charge < -0.3 is 10.0 Å². The van der Waals surface area contributed by atoms with Gasteiger partial charge in [0, 0.05) is 46.7 Å². The first-order valence-electron chi connectivity index (χ1n) is 12.1. The fourth-order valence-corrected chi connectivity index (χ4v) is 6.07. The molecule has 1 aliphatic carbocycles. The standard InChI is InChI=1S/C26H28FN7OS/c1-17-22(15-31-34(17)21-7-5-20(6-8-21)32(2)10-11-35)18-12-24(36-26-23(27)4-3-9-29-26)25-19(13-28)14-30-33(25)16-18/h3-4,9,12,14-16,20-21,35H,5-8,10-11H2,1-2H3/t20-,21+. The largest absolute Gasteiger partial charge is 0.395 e. The minimum atomic E-state index is -0.409. The molecular weight excluding hydrogens is 477 g/mol. The van der Waals surface area contributed by atoms with Gasteiger partial charge in [0.2, 0.25) is 0 Å². The number of fused-ring (bicyclic) bond motifs is 1. The second-order valence-electron chi connectivity index (χ2n) is 9.20. The van der Waals surface area contributed by atoms with E-state index in [0.29, 0.717) is 34.6 Å². The monoisotopic (exact) mass is 505 g/mol. The molecule has 0 aromatic carbocycles. The number of nitrogens with zero attached hydrogens (tertiary/aromatic N) is 7. The van der Waals surface area contributed by atoms with E-state index < -0.39 is 5.82 Å². The fraction of sp³-hybridized carbons (Fsp3) is 0.385. The zero-order valence-electron chi connectivity index (χ0n) is 20.3. The van der Waals surface area contributed by atoms with E-state index in [-0.39, 0.29) is 11.6 Å². The summed E-state index contributed by atoms with van der Waals surface area (Å²) in [7, 11) is 2.08. The molecule has 0 radical (unpaired) electrons. The Morgan fingerprint density at radius 3 is 2.78 bits per heavy atom. The summed E-state index contributed by atoms with van der Waals surface area (Å²) < 4.78 is 18.2. The lowest BCUT2D eigenvalue weighted by Crippen LogP contribution is -2.37. The second-order valence-corrected chi connectivity index (χ2v) is 10.2. The van der Waals surface area contributed by atoms with Crippen LogP contribution in [0.5, 0.6) is 0 Å². The molecular formula is C26H28FN7OS. The molecule has 8 nitrogen and oxygen atoms in total. The number of hydrogen-bond acceptors (Lipinski definition) is 7. The number of halogens is 1. The lowest BCUT2D eigenvalue weighted by molar-refractivity contribution is 0.134. The maximum Gasteiger partial charge on any atom is 0.155 e. The molecule has 4 aromatic rings. The predicted octanol–water partition coefficient (Wildman–Crippen LogP) is 4.47. The second kappa shape index (κ2) is 10.4. The summed E-state index contributed by atoms with van der Waals surface area (Å²) in [5, 5.41) is 28.2. The summed E-state index contributed by atoms with van der Waals surface area (Å²) in [5.41, 5.74) is 4.00. The summed E-state index contributed by atoms with van der Waals surface area (Å²) in [6.45, 7) is 2.96. The van der Waals surface area contributed by atoms with Crippen LogP contribution in [-0.4, -0.2) is 60.6 Å². The third-order valence-electron chi connectivity index (χ3n) is 7.07. The van der Waals surface area contributed by atoms with Crippen LogP contribution in [0.15, 0.2) is 52.9 Å². The highest BCUT2D eigenvalue weighted by molar-refractivity contribution is 7.99. The molecule has 0 amide bonds. The molecule has 0 aliphatic heterocycles. The highest BCUT2D eigenvalue weighted by atomic mass is 32.2. The summed E-state index contributed by atoms with van der Waals surface area (Å²) in [4.78, 5) is 7.13. The van der Waals surface area contributed by atoms with Crippen molar-refractivity contribution in [2.75, 3.05) is 20.2 Å². The van der Waals surface area contributed by atoms with E-state index in [1.54, 1.807) is 16.8 Å². The first-order chi connectivity index (χ1) is 17.5. The number of rotatable bonds is 7. The van der Waals surface area contributed by atoms with Crippen molar-refractivity contribution in [2.24, 2.45) is 0 Å². The van der Waals surface area contributed by atoms with E-state index in [9.17, 15) is 14.8 Å². The van der Waals surface area contributed by atoms with Crippen molar-refractivity contribution in [2.45, 2.75) is 54.6 Å². The van der Waals surface area contributed by atoms with Gasteiger partial charge in [-0.2, -0.15) is 15.5 Å². The van der Waals surface area contributed by atoms with Gasteiger partial charge in [0.1, 0.15) is 11.1 Å². The molecule has 0 bridgehead atoms. The Hall–Kier alpha value is -3.26. The van der Waals surface area contributed by atoms with Crippen molar-refractivity contribution in [3.8, 4) is 17.2 Å². The van der Waals surface area contributed by atoms with Crippen molar-refractivity contribution >= 4 is 17.3 Å². The Bertz CT molecular complexity index is 1420. The number of pyridine rings is 2. The lowest BCUT2D eigenvalue weighted by Gasteiger charge is -2.34. The normalized spacial score (nSPS) is 18.1. The third kappa shape index (κ3) is 4.62. The van der Waals surface area contributed by atoms with E-state index in [0.717, 1.165) is 42.5 Å². The molecule has 36 heavy (non-hydrogen) atoms. The van der Waals surface area contributed by atoms with Crippen LogP contribution in [0.25, 0.3) is 16.6 Å². The van der Waals surface area contributed by atoms with E-state index in [1.165, 1.54) is 24.0 Å². The molecule has 4 heterocycles. The number of likely N-dealkylation sites (N-methyl/N-ethyl adjacent to an activating group) is 1. The predicted molar refractivity (Wildman–Crippen MR) is 135 cm³/mol. The van der Waals surface area contributed by atoms with Crippen LogP contribution in [0.2, 0.25) is 0 Å². The van der Waals surface area contributed by atoms with Crippen molar-refractivity contribution in [3.63, 3.8) is 0 Å². The number of aliphatic hydroxyl groups is 1. The molecule has 1 fully saturated rings. The van der Waals surface area contributed by atoms with Crippen LogP contribution < -0.4 is 0 Å². The molecule has 0 saturated heterocycles. The fourth-order valence-electron chi connectivity index (χ4n) is 5.10. The third-order valence-corrected chi connectivity index (χ3v) is 8.10. The number of aromatic nitrogens is 5. The van der Waals surface area contributed by atoms with Gasteiger partial charge in [-0.15, -0.1) is 0 Å². The van der Waals surface area contributed by atoms with Gasteiger partial charge in [-0.3, -0.25) is 4.68 Å². The molecule has 186 valence electrons. The van der Waals surface area contributed by atoms with Gasteiger partial charge in [-0.25, -0.2) is 13.9 Å². The minimum Gasteiger partial charge on any atom is -0.395 e. The van der Waals surface area contributed by atoms with Crippen molar-refractivity contribution in [3.05, 3.63) is 60.1 Å². The molecule has 0 atom stereocenters. The molecule has 1 saturated carbocycles.